The SMILES string of the molecule is O=C(Nc1cncc(C2CCC3NNC(c4nc5nccc(-c6ccsc6)c5[nH]4)C3C2)c1)c1ccccc1. The summed E-state index contributed by atoms with van der Waals surface area (Å²) in [5.41, 5.74) is 13.6. The molecule has 4 unspecified atom stereocenters. The van der Waals surface area contributed by atoms with Gasteiger partial charge in [0.1, 0.15) is 5.82 Å². The van der Waals surface area contributed by atoms with Crippen LogP contribution in [0.3, 0.4) is 0 Å². The van der Waals surface area contributed by atoms with Crippen LogP contribution in [0.2, 0.25) is 0 Å². The van der Waals surface area contributed by atoms with Gasteiger partial charge in [-0.2, -0.15) is 11.3 Å². The molecule has 190 valence electrons. The molecule has 2 aliphatic rings. The van der Waals surface area contributed by atoms with Gasteiger partial charge in [0.25, 0.3) is 5.91 Å². The number of thiophene rings is 1. The number of nitrogens with one attached hydrogen (secondary N) is 4. The second-order valence-electron chi connectivity index (χ2n) is 10.1. The summed E-state index contributed by atoms with van der Waals surface area (Å²) in [4.78, 5) is 30.2. The molecule has 2 fully saturated rings. The van der Waals surface area contributed by atoms with Gasteiger partial charge in [0.2, 0.25) is 0 Å². The summed E-state index contributed by atoms with van der Waals surface area (Å²) >= 11 is 1.69. The highest BCUT2D eigenvalue weighted by molar-refractivity contribution is 7.08. The number of aromatic amines is 1. The molecule has 8 nitrogen and oxygen atoms in total. The molecule has 1 saturated heterocycles. The summed E-state index contributed by atoms with van der Waals surface area (Å²) in [5.74, 6) is 1.50. The number of hydrazine groups is 1. The number of imidazole rings is 1. The molecule has 4 atom stereocenters. The lowest BCUT2D eigenvalue weighted by Gasteiger charge is -2.33. The lowest BCUT2D eigenvalue weighted by Crippen LogP contribution is -2.34. The van der Waals surface area contributed by atoms with Crippen LogP contribution in [-0.2, 0) is 0 Å². The van der Waals surface area contributed by atoms with Crippen LogP contribution in [-0.4, -0.2) is 31.9 Å². The molecule has 0 spiro atoms. The first-order valence-electron chi connectivity index (χ1n) is 12.9. The van der Waals surface area contributed by atoms with Crippen molar-refractivity contribution in [3.63, 3.8) is 0 Å². The molecule has 38 heavy (non-hydrogen) atoms. The Kier molecular flexibility index (Phi) is 5.96. The van der Waals surface area contributed by atoms with E-state index in [1.165, 1.54) is 5.56 Å². The number of fused-ring (bicyclic) bond motifs is 2. The molecule has 1 aliphatic carbocycles. The summed E-state index contributed by atoms with van der Waals surface area (Å²) in [5, 5.41) is 7.24. The van der Waals surface area contributed by atoms with Gasteiger partial charge in [-0.1, -0.05) is 18.2 Å². The summed E-state index contributed by atoms with van der Waals surface area (Å²) in [6, 6.07) is 15.9. The molecule has 0 radical (unpaired) electrons. The number of aromatic nitrogens is 4. The maximum Gasteiger partial charge on any atom is 0.255 e. The molecule has 1 aliphatic heterocycles. The Morgan fingerprint density at radius 3 is 2.84 bits per heavy atom. The van der Waals surface area contributed by atoms with E-state index in [9.17, 15) is 4.79 Å². The fourth-order valence-electron chi connectivity index (χ4n) is 5.91. The van der Waals surface area contributed by atoms with Crippen LogP contribution in [0.4, 0.5) is 5.69 Å². The van der Waals surface area contributed by atoms with E-state index in [-0.39, 0.29) is 11.9 Å². The smallest absolute Gasteiger partial charge is 0.255 e. The Morgan fingerprint density at radius 1 is 1.05 bits per heavy atom. The Balaban J connectivity index is 1.12. The van der Waals surface area contributed by atoms with E-state index >= 15 is 0 Å². The number of hydrogen-bond donors (Lipinski definition) is 4. The Bertz CT molecular complexity index is 1580. The van der Waals surface area contributed by atoms with Crippen molar-refractivity contribution >= 4 is 34.1 Å². The Morgan fingerprint density at radius 2 is 1.97 bits per heavy atom. The van der Waals surface area contributed by atoms with Gasteiger partial charge in [-0.15, -0.1) is 0 Å². The van der Waals surface area contributed by atoms with Crippen LogP contribution < -0.4 is 16.2 Å². The highest BCUT2D eigenvalue weighted by Crippen LogP contribution is 2.44. The average Bonchev–Trinajstić information content (AvgIpc) is 3.73. The standard InChI is InChI=1S/C29H27N7OS/c37-29(17-4-2-1-3-5-17)32-21-12-20(14-30-15-21)18-6-7-24-23(13-18)26(36-35-24)28-33-25-22(19-9-11-38-16-19)8-10-31-27(25)34-28/h1-5,8-12,14-16,18,23-24,26,35-36H,6-7,13H2,(H,32,37)(H,31,33,34). The van der Waals surface area contributed by atoms with Crippen molar-refractivity contribution in [3.8, 4) is 11.1 Å². The Hall–Kier alpha value is -3.92. The second-order valence-corrected chi connectivity index (χ2v) is 10.8. The minimum Gasteiger partial charge on any atom is -0.339 e. The zero-order valence-corrected chi connectivity index (χ0v) is 21.4. The monoisotopic (exact) mass is 521 g/mol. The van der Waals surface area contributed by atoms with Crippen molar-refractivity contribution in [2.75, 3.05) is 5.32 Å². The summed E-state index contributed by atoms with van der Waals surface area (Å²) in [6.07, 6.45) is 8.59. The number of carbonyl (C=O) groups excluding carboxylic acids is 1. The topological polar surface area (TPSA) is 108 Å². The van der Waals surface area contributed by atoms with E-state index in [1.54, 1.807) is 17.5 Å². The third kappa shape index (κ3) is 4.28. The van der Waals surface area contributed by atoms with Gasteiger partial charge in [0.15, 0.2) is 5.65 Å². The van der Waals surface area contributed by atoms with Crippen LogP contribution in [0.5, 0.6) is 0 Å². The van der Waals surface area contributed by atoms with Crippen molar-refractivity contribution in [2.45, 2.75) is 37.3 Å². The summed E-state index contributed by atoms with van der Waals surface area (Å²) in [6.45, 7) is 0. The van der Waals surface area contributed by atoms with E-state index in [0.717, 1.165) is 53.1 Å². The minimum absolute atomic E-state index is 0.0567. The third-order valence-corrected chi connectivity index (χ3v) is 8.50. The molecule has 1 aromatic carbocycles. The van der Waals surface area contributed by atoms with Crippen molar-refractivity contribution in [2.24, 2.45) is 5.92 Å². The minimum atomic E-state index is -0.127. The van der Waals surface area contributed by atoms with Crippen molar-refractivity contribution in [1.82, 2.24) is 30.8 Å². The molecule has 1 amide bonds. The maximum absolute atomic E-state index is 12.7. The highest BCUT2D eigenvalue weighted by Gasteiger charge is 2.42. The molecule has 5 heterocycles. The largest absolute Gasteiger partial charge is 0.339 e. The van der Waals surface area contributed by atoms with Gasteiger partial charge < -0.3 is 10.3 Å². The number of H-pyrrole nitrogens is 1. The number of amides is 1. The van der Waals surface area contributed by atoms with Crippen LogP contribution >= 0.6 is 11.3 Å². The van der Waals surface area contributed by atoms with E-state index in [4.69, 9.17) is 4.98 Å². The van der Waals surface area contributed by atoms with Crippen molar-refractivity contribution in [1.29, 1.82) is 0 Å². The van der Waals surface area contributed by atoms with Crippen molar-refractivity contribution < 1.29 is 4.79 Å². The predicted octanol–water partition coefficient (Wildman–Crippen LogP) is 5.44. The first-order chi connectivity index (χ1) is 18.7. The Labute approximate surface area is 223 Å². The number of benzene rings is 1. The predicted molar refractivity (Wildman–Crippen MR) is 149 cm³/mol. The number of hydrogen-bond acceptors (Lipinski definition) is 7. The maximum atomic E-state index is 12.7. The molecule has 4 aromatic heterocycles. The number of pyridine rings is 2. The number of anilines is 1. The normalized spacial score (nSPS) is 22.8. The fraction of sp³-hybridized carbons (Fsp3) is 0.241. The van der Waals surface area contributed by atoms with Gasteiger partial charge >= 0.3 is 0 Å². The zero-order chi connectivity index (χ0) is 25.5. The molecular weight excluding hydrogens is 494 g/mol. The van der Waals surface area contributed by atoms with E-state index in [1.807, 2.05) is 48.8 Å². The molecule has 0 bridgehead atoms. The van der Waals surface area contributed by atoms with E-state index in [0.29, 0.717) is 23.4 Å². The summed E-state index contributed by atoms with van der Waals surface area (Å²) in [7, 11) is 0. The number of nitrogens with zero attached hydrogens (tertiary/aromatic N) is 3. The van der Waals surface area contributed by atoms with Gasteiger partial charge in [0, 0.05) is 29.6 Å². The van der Waals surface area contributed by atoms with E-state index < -0.39 is 0 Å². The molecule has 7 rings (SSSR count). The summed E-state index contributed by atoms with van der Waals surface area (Å²) < 4.78 is 0. The lowest BCUT2D eigenvalue weighted by atomic mass is 9.73. The lowest BCUT2D eigenvalue weighted by molar-refractivity contribution is 0.102. The third-order valence-electron chi connectivity index (χ3n) is 7.81. The first kappa shape index (κ1) is 23.2. The fourth-order valence-corrected chi connectivity index (χ4v) is 6.56. The van der Waals surface area contributed by atoms with Gasteiger partial charge in [-0.25, -0.2) is 15.4 Å². The number of rotatable bonds is 5. The molecule has 5 aromatic rings. The number of carbonyl (C=O) groups is 1. The van der Waals surface area contributed by atoms with Crippen LogP contribution in [0.25, 0.3) is 22.3 Å². The second kappa shape index (κ2) is 9.75. The van der Waals surface area contributed by atoms with E-state index in [2.05, 4.69) is 54.0 Å². The van der Waals surface area contributed by atoms with Gasteiger partial charge in [0.05, 0.1) is 23.4 Å². The van der Waals surface area contributed by atoms with Crippen LogP contribution in [0.1, 0.15) is 53.0 Å². The average molecular weight is 522 g/mol. The first-order valence-corrected chi connectivity index (χ1v) is 13.9. The quantitative estimate of drug-likeness (QED) is 0.246. The molecular formula is C29H27N7OS. The zero-order valence-electron chi connectivity index (χ0n) is 20.6. The van der Waals surface area contributed by atoms with Crippen molar-refractivity contribution in [3.05, 3.63) is 94.8 Å². The highest BCUT2D eigenvalue weighted by atomic mass is 32.1. The van der Waals surface area contributed by atoms with Crippen LogP contribution in [0.15, 0.2) is 77.9 Å². The molecule has 1 saturated carbocycles. The molecule has 9 heteroatoms. The van der Waals surface area contributed by atoms with Gasteiger partial charge in [-0.05, 0) is 83.3 Å². The molecule has 4 N–H and O–H groups in total. The van der Waals surface area contributed by atoms with Gasteiger partial charge in [-0.3, -0.25) is 15.2 Å². The van der Waals surface area contributed by atoms with Crippen LogP contribution in [0, 0.1) is 5.92 Å².